The maximum Gasteiger partial charge on any atom is 0.352 e. The molecular formula is C16H16N8O5S5. The summed E-state index contributed by atoms with van der Waals surface area (Å²) in [4.78, 5) is 48.1. The number of carboxylic acids is 1. The number of hydrogen-bond donors (Lipinski definition) is 3. The summed E-state index contributed by atoms with van der Waals surface area (Å²) in [7, 11) is 0. The number of carboxylic acid groups (broad SMARTS) is 1. The number of carbonyl (C=O) groups excluding carboxylic acids is 2. The average Bonchev–Trinajstić information content (AvgIpc) is 3.49. The maximum atomic E-state index is 12.9. The lowest BCUT2D eigenvalue weighted by Gasteiger charge is -2.49. The first kappa shape index (κ1) is 24.7. The average molecular weight is 561 g/mol. The molecule has 2 aromatic rings. The Kier molecular flexibility index (Phi) is 7.91. The number of nitrogen functional groups attached to an aromatic ring is 1. The highest BCUT2D eigenvalue weighted by molar-refractivity contribution is 8.01. The lowest BCUT2D eigenvalue weighted by Crippen LogP contribution is -2.71. The monoisotopic (exact) mass is 560 g/mol. The van der Waals surface area contributed by atoms with Gasteiger partial charge in [0.25, 0.3) is 11.8 Å². The minimum Gasteiger partial charge on any atom is -0.477 e. The zero-order chi connectivity index (χ0) is 24.2. The molecule has 0 bridgehead atoms. The second kappa shape index (κ2) is 10.9. The molecule has 1 unspecified atom stereocenters. The molecule has 0 aliphatic carbocycles. The smallest absolute Gasteiger partial charge is 0.352 e. The summed E-state index contributed by atoms with van der Waals surface area (Å²) in [6, 6.07) is -0.939. The number of nitrogens with two attached hydrogens (primary N) is 1. The number of aliphatic carboxylic acids is 1. The van der Waals surface area contributed by atoms with E-state index < -0.39 is 29.2 Å². The molecule has 0 radical (unpaired) electrons. The Morgan fingerprint density at radius 1 is 1.47 bits per heavy atom. The molecule has 13 nitrogen and oxygen atoms in total. The summed E-state index contributed by atoms with van der Waals surface area (Å²) in [6.07, 6.45) is 1.80. The van der Waals surface area contributed by atoms with Crippen molar-refractivity contribution in [3.63, 3.8) is 0 Å². The van der Waals surface area contributed by atoms with Crippen molar-refractivity contribution >= 4 is 86.8 Å². The van der Waals surface area contributed by atoms with Crippen LogP contribution in [0.4, 0.5) is 5.13 Å². The molecule has 2 amide bonds. The van der Waals surface area contributed by atoms with E-state index in [4.69, 9.17) is 10.6 Å². The van der Waals surface area contributed by atoms with Crippen LogP contribution in [0.1, 0.15) is 5.82 Å². The van der Waals surface area contributed by atoms with Crippen LogP contribution in [0.15, 0.2) is 26.3 Å². The number of thioether (sulfide) groups is 3. The van der Waals surface area contributed by atoms with Gasteiger partial charge in [-0.15, -0.1) is 33.7 Å². The third-order valence-electron chi connectivity index (χ3n) is 4.44. The number of nitrogens with zero attached hydrogens (tertiary/aromatic N) is 6. The summed E-state index contributed by atoms with van der Waals surface area (Å²) in [5, 5.41) is 23.5. The van der Waals surface area contributed by atoms with Crippen LogP contribution in [-0.4, -0.2) is 88.2 Å². The van der Waals surface area contributed by atoms with Crippen LogP contribution in [0.3, 0.4) is 0 Å². The van der Waals surface area contributed by atoms with Gasteiger partial charge in [0.2, 0.25) is 11.5 Å². The molecule has 2 aromatic heterocycles. The SMILES string of the molecule is CSCO/N=C(\C(=O)NC1C(=O)N2C(C(=O)O)=C(CSc3nncs3)CS[C@H]12)c1nsc(N)n1. The van der Waals surface area contributed by atoms with Gasteiger partial charge in [0.05, 0.1) is 0 Å². The van der Waals surface area contributed by atoms with Crippen LogP contribution < -0.4 is 11.1 Å². The lowest BCUT2D eigenvalue weighted by atomic mass is 10.0. The third kappa shape index (κ3) is 5.14. The van der Waals surface area contributed by atoms with Crippen molar-refractivity contribution in [2.24, 2.45) is 5.16 Å². The maximum absolute atomic E-state index is 12.9. The largest absolute Gasteiger partial charge is 0.477 e. The highest BCUT2D eigenvalue weighted by atomic mass is 32.2. The fraction of sp³-hybridized carbons (Fsp3) is 0.375. The van der Waals surface area contributed by atoms with Crippen LogP contribution in [0.25, 0.3) is 0 Å². The number of amides is 2. The van der Waals surface area contributed by atoms with Crippen molar-refractivity contribution < 1.29 is 24.3 Å². The van der Waals surface area contributed by atoms with E-state index in [0.717, 1.165) is 11.5 Å². The molecule has 0 saturated carbocycles. The molecule has 180 valence electrons. The molecule has 1 saturated heterocycles. The van der Waals surface area contributed by atoms with Gasteiger partial charge in [0.15, 0.2) is 15.4 Å². The molecule has 2 aliphatic rings. The highest BCUT2D eigenvalue weighted by Gasteiger charge is 2.54. The second-order valence-corrected chi connectivity index (χ2v) is 11.3. The molecule has 34 heavy (non-hydrogen) atoms. The van der Waals surface area contributed by atoms with Gasteiger partial charge in [0.1, 0.15) is 22.6 Å². The van der Waals surface area contributed by atoms with Crippen molar-refractivity contribution in [1.29, 1.82) is 0 Å². The molecule has 2 atom stereocenters. The Morgan fingerprint density at radius 3 is 2.94 bits per heavy atom. The number of β-lactam (4-membered cyclic amide) rings is 1. The molecule has 0 aromatic carbocycles. The number of oxime groups is 1. The van der Waals surface area contributed by atoms with Crippen LogP contribution in [0.5, 0.6) is 0 Å². The standard InChI is InChI=1S/C16H16N8O5S5/c1-30-5-29-22-7(10-20-15(17)34-23-10)11(25)19-8-12(26)24-9(14(27)28)6(2-31-13(8)24)3-32-16-21-18-4-33-16/h4,8,13H,2-3,5H2,1H3,(H,19,25)(H,27,28)(H2,17,20,23)/b22-7-/t8?,13-/m1/s1. The van der Waals surface area contributed by atoms with Gasteiger partial charge in [-0.3, -0.25) is 14.5 Å². The molecule has 1 fully saturated rings. The van der Waals surface area contributed by atoms with Crippen molar-refractivity contribution in [2.45, 2.75) is 15.8 Å². The Balaban J connectivity index is 1.49. The first-order valence-corrected chi connectivity index (χ1v) is 14.4. The fourth-order valence-corrected chi connectivity index (χ4v) is 6.60. The van der Waals surface area contributed by atoms with Crippen molar-refractivity contribution in [2.75, 3.05) is 29.4 Å². The zero-order valence-corrected chi connectivity index (χ0v) is 21.3. The Bertz CT molecular complexity index is 1150. The minimum absolute atomic E-state index is 0.0249. The Hall–Kier alpha value is -2.41. The second-order valence-electron chi connectivity index (χ2n) is 6.54. The van der Waals surface area contributed by atoms with E-state index in [1.165, 1.54) is 51.5 Å². The number of rotatable bonds is 10. The topological polar surface area (TPSA) is 186 Å². The summed E-state index contributed by atoms with van der Waals surface area (Å²) in [5.74, 6) is -1.55. The zero-order valence-electron chi connectivity index (χ0n) is 17.2. The first-order chi connectivity index (χ1) is 16.4. The summed E-state index contributed by atoms with van der Waals surface area (Å²) >= 11 is 6.31. The van der Waals surface area contributed by atoms with Crippen LogP contribution >= 0.6 is 58.2 Å². The van der Waals surface area contributed by atoms with Gasteiger partial charge in [0, 0.05) is 23.0 Å². The quantitative estimate of drug-likeness (QED) is 0.0914. The minimum atomic E-state index is -1.20. The van der Waals surface area contributed by atoms with E-state index in [9.17, 15) is 19.5 Å². The van der Waals surface area contributed by atoms with Crippen LogP contribution in [-0.2, 0) is 19.2 Å². The normalized spacial score (nSPS) is 20.1. The number of anilines is 1. The van der Waals surface area contributed by atoms with Crippen molar-refractivity contribution in [1.82, 2.24) is 29.8 Å². The summed E-state index contributed by atoms with van der Waals surface area (Å²) in [5.41, 5.74) is 7.51. The Labute approximate surface area is 213 Å². The van der Waals surface area contributed by atoms with Crippen LogP contribution in [0.2, 0.25) is 0 Å². The van der Waals surface area contributed by atoms with Gasteiger partial charge >= 0.3 is 5.97 Å². The van der Waals surface area contributed by atoms with E-state index in [1.807, 2.05) is 0 Å². The van der Waals surface area contributed by atoms with Gasteiger partial charge < -0.3 is 21.0 Å². The highest BCUT2D eigenvalue weighted by Crippen LogP contribution is 2.41. The van der Waals surface area contributed by atoms with Crippen molar-refractivity contribution in [3.05, 3.63) is 22.6 Å². The van der Waals surface area contributed by atoms with Gasteiger partial charge in [-0.1, -0.05) is 28.3 Å². The lowest BCUT2D eigenvalue weighted by molar-refractivity contribution is -0.150. The molecule has 4 heterocycles. The van der Waals surface area contributed by atoms with Gasteiger partial charge in [-0.25, -0.2) is 4.79 Å². The summed E-state index contributed by atoms with van der Waals surface area (Å²) in [6.45, 7) is 0. The first-order valence-electron chi connectivity index (χ1n) is 9.29. The Morgan fingerprint density at radius 2 is 2.29 bits per heavy atom. The number of aromatic nitrogens is 4. The van der Waals surface area contributed by atoms with E-state index in [0.29, 0.717) is 21.4 Å². The summed E-state index contributed by atoms with van der Waals surface area (Å²) < 4.78 is 4.69. The molecule has 2 aliphatic heterocycles. The van der Waals surface area contributed by atoms with Crippen molar-refractivity contribution in [3.8, 4) is 0 Å². The van der Waals surface area contributed by atoms with E-state index in [2.05, 4.69) is 30.0 Å². The fourth-order valence-electron chi connectivity index (χ4n) is 3.04. The third-order valence-corrected chi connectivity index (χ3v) is 8.61. The number of hydrogen-bond acceptors (Lipinski definition) is 15. The number of carbonyl (C=O) groups is 3. The molecule has 4 rings (SSSR count). The number of nitrogens with one attached hydrogen (secondary N) is 1. The predicted molar refractivity (Wildman–Crippen MR) is 131 cm³/mol. The molecular weight excluding hydrogens is 545 g/mol. The molecule has 0 spiro atoms. The predicted octanol–water partition coefficient (Wildman–Crippen LogP) is 0.544. The molecule has 4 N–H and O–H groups in total. The van der Waals surface area contributed by atoms with E-state index in [1.54, 1.807) is 11.8 Å². The van der Waals surface area contributed by atoms with Gasteiger partial charge in [-0.2, -0.15) is 9.36 Å². The van der Waals surface area contributed by atoms with Gasteiger partial charge in [-0.05, 0) is 11.8 Å². The molecule has 18 heteroatoms. The number of fused-ring (bicyclic) bond motifs is 1. The van der Waals surface area contributed by atoms with E-state index >= 15 is 0 Å². The van der Waals surface area contributed by atoms with E-state index in [-0.39, 0.29) is 28.3 Å². The van der Waals surface area contributed by atoms with Crippen LogP contribution in [0, 0.1) is 0 Å².